The second kappa shape index (κ2) is 11.8. The van der Waals surface area contributed by atoms with Crippen LogP contribution in [-0.4, -0.2) is 53.1 Å². The van der Waals surface area contributed by atoms with Crippen molar-refractivity contribution < 1.29 is 9.53 Å². The van der Waals surface area contributed by atoms with Gasteiger partial charge in [0.15, 0.2) is 0 Å². The Morgan fingerprint density at radius 3 is 2.62 bits per heavy atom. The number of carbonyl (C=O) groups excluding carboxylic acids is 1. The van der Waals surface area contributed by atoms with Crippen LogP contribution in [0.1, 0.15) is 28.9 Å². The summed E-state index contributed by atoms with van der Waals surface area (Å²) in [6.07, 6.45) is 5.33. The van der Waals surface area contributed by atoms with Crippen molar-refractivity contribution in [3.8, 4) is 33.5 Å². The number of nitriles is 1. The molecule has 0 spiro atoms. The second-order valence-electron chi connectivity index (χ2n) is 8.95. The fourth-order valence-electron chi connectivity index (χ4n) is 4.37. The maximum absolute atomic E-state index is 12.7. The Kier molecular flexibility index (Phi) is 7.84. The van der Waals surface area contributed by atoms with E-state index >= 15 is 0 Å². The molecule has 0 radical (unpaired) electrons. The van der Waals surface area contributed by atoms with Gasteiger partial charge >= 0.3 is 0 Å². The van der Waals surface area contributed by atoms with E-state index < -0.39 is 0 Å². The molecule has 1 aliphatic rings. The standard InChI is InChI=1S/C29H27N5O2S/c30-17-21-4-6-22(7-5-21)23-8-10-26(11-9-23)36-16-2-14-34-15-12-25(19-34)32-28(35)27-20-37-29(33-27)24-3-1-13-31-18-24/h1,3-11,13,18,20,25H,2,12,14-16,19H2,(H,32,35)/t25-/m1/s1. The van der Waals surface area contributed by atoms with Gasteiger partial charge < -0.3 is 15.0 Å². The number of ether oxygens (including phenoxy) is 1. The van der Waals surface area contributed by atoms with Crippen LogP contribution in [0.3, 0.4) is 0 Å². The van der Waals surface area contributed by atoms with Gasteiger partial charge in [0.25, 0.3) is 5.91 Å². The molecule has 1 fully saturated rings. The average molecular weight is 510 g/mol. The molecule has 1 atom stereocenters. The van der Waals surface area contributed by atoms with Crippen molar-refractivity contribution in [2.24, 2.45) is 0 Å². The number of hydrogen-bond acceptors (Lipinski definition) is 7. The van der Waals surface area contributed by atoms with Crippen LogP contribution in [0.15, 0.2) is 78.4 Å². The first-order chi connectivity index (χ1) is 18.2. The molecule has 0 bridgehead atoms. The van der Waals surface area contributed by atoms with Crippen molar-refractivity contribution in [3.63, 3.8) is 0 Å². The lowest BCUT2D eigenvalue weighted by atomic mass is 10.0. The molecule has 1 aliphatic heterocycles. The number of nitrogens with zero attached hydrogens (tertiary/aromatic N) is 4. The van der Waals surface area contributed by atoms with Gasteiger partial charge in [-0.3, -0.25) is 9.78 Å². The van der Waals surface area contributed by atoms with Crippen LogP contribution in [0, 0.1) is 11.3 Å². The van der Waals surface area contributed by atoms with E-state index in [1.165, 1.54) is 11.3 Å². The van der Waals surface area contributed by atoms with Crippen LogP contribution in [0.2, 0.25) is 0 Å². The summed E-state index contributed by atoms with van der Waals surface area (Å²) in [5, 5.41) is 14.7. The minimum Gasteiger partial charge on any atom is -0.494 e. The number of nitrogens with one attached hydrogen (secondary N) is 1. The zero-order valence-corrected chi connectivity index (χ0v) is 21.2. The highest BCUT2D eigenvalue weighted by Gasteiger charge is 2.24. The lowest BCUT2D eigenvalue weighted by Gasteiger charge is -2.16. The van der Waals surface area contributed by atoms with Gasteiger partial charge in [0.2, 0.25) is 0 Å². The Bertz CT molecular complexity index is 1360. The Morgan fingerprint density at radius 1 is 1.11 bits per heavy atom. The molecule has 2 aromatic heterocycles. The Labute approximate surface area is 220 Å². The van der Waals surface area contributed by atoms with Crippen LogP contribution >= 0.6 is 11.3 Å². The molecule has 1 saturated heterocycles. The monoisotopic (exact) mass is 509 g/mol. The van der Waals surface area contributed by atoms with Crippen LogP contribution < -0.4 is 10.1 Å². The minimum absolute atomic E-state index is 0.119. The molecule has 0 aliphatic carbocycles. The average Bonchev–Trinajstić information content (AvgIpc) is 3.62. The molecular weight excluding hydrogens is 482 g/mol. The largest absolute Gasteiger partial charge is 0.494 e. The minimum atomic E-state index is -0.119. The molecule has 186 valence electrons. The number of benzene rings is 2. The molecule has 0 unspecified atom stereocenters. The summed E-state index contributed by atoms with van der Waals surface area (Å²) in [6, 6.07) is 21.7. The predicted molar refractivity (Wildman–Crippen MR) is 144 cm³/mol. The van der Waals surface area contributed by atoms with Gasteiger partial charge in [-0.15, -0.1) is 11.3 Å². The molecule has 1 amide bonds. The molecule has 3 heterocycles. The maximum atomic E-state index is 12.7. The maximum Gasteiger partial charge on any atom is 0.271 e. The van der Waals surface area contributed by atoms with Gasteiger partial charge in [-0.2, -0.15) is 5.26 Å². The van der Waals surface area contributed by atoms with Crippen molar-refractivity contribution >= 4 is 17.2 Å². The summed E-state index contributed by atoms with van der Waals surface area (Å²) in [5.74, 6) is 0.726. The van der Waals surface area contributed by atoms with Crippen LogP contribution in [0.25, 0.3) is 21.7 Å². The van der Waals surface area contributed by atoms with E-state index in [-0.39, 0.29) is 11.9 Å². The molecule has 37 heavy (non-hydrogen) atoms. The fraction of sp³-hybridized carbons (Fsp3) is 0.241. The normalized spacial score (nSPS) is 15.3. The molecular formula is C29H27N5O2S. The summed E-state index contributed by atoms with van der Waals surface area (Å²) in [5.41, 5.74) is 4.20. The van der Waals surface area contributed by atoms with E-state index in [0.29, 0.717) is 17.9 Å². The molecule has 2 aromatic carbocycles. The first-order valence-electron chi connectivity index (χ1n) is 12.3. The van der Waals surface area contributed by atoms with Crippen LogP contribution in [-0.2, 0) is 0 Å². The number of aromatic nitrogens is 2. The van der Waals surface area contributed by atoms with Gasteiger partial charge in [0, 0.05) is 49.0 Å². The molecule has 0 saturated carbocycles. The zero-order valence-electron chi connectivity index (χ0n) is 20.3. The quantitative estimate of drug-likeness (QED) is 0.319. The SMILES string of the molecule is N#Cc1ccc(-c2ccc(OCCCN3CC[C@@H](NC(=O)c4csc(-c5cccnc5)n4)C3)cc2)cc1. The van der Waals surface area contributed by atoms with Crippen molar-refractivity contribution in [3.05, 3.63) is 89.7 Å². The molecule has 8 heteroatoms. The lowest BCUT2D eigenvalue weighted by molar-refractivity contribution is 0.0933. The van der Waals surface area contributed by atoms with E-state index in [0.717, 1.165) is 59.9 Å². The van der Waals surface area contributed by atoms with E-state index in [4.69, 9.17) is 10.00 Å². The second-order valence-corrected chi connectivity index (χ2v) is 9.81. The first kappa shape index (κ1) is 24.6. The number of hydrogen-bond donors (Lipinski definition) is 1. The lowest BCUT2D eigenvalue weighted by Crippen LogP contribution is -2.37. The number of thiazole rings is 1. The van der Waals surface area contributed by atoms with Gasteiger partial charge in [-0.25, -0.2) is 4.98 Å². The van der Waals surface area contributed by atoms with Gasteiger partial charge in [0.1, 0.15) is 16.5 Å². The van der Waals surface area contributed by atoms with E-state index in [2.05, 4.69) is 26.3 Å². The van der Waals surface area contributed by atoms with Crippen LogP contribution in [0.4, 0.5) is 0 Å². The predicted octanol–water partition coefficient (Wildman–Crippen LogP) is 5.02. The highest BCUT2D eigenvalue weighted by atomic mass is 32.1. The van der Waals surface area contributed by atoms with Gasteiger partial charge in [-0.05, 0) is 60.4 Å². The third-order valence-corrected chi connectivity index (χ3v) is 7.23. The Hall–Kier alpha value is -4.06. The highest BCUT2D eigenvalue weighted by Crippen LogP contribution is 2.24. The van der Waals surface area contributed by atoms with Gasteiger partial charge in [0.05, 0.1) is 18.2 Å². The highest BCUT2D eigenvalue weighted by molar-refractivity contribution is 7.13. The number of likely N-dealkylation sites (tertiary alicyclic amines) is 1. The number of pyridine rings is 1. The first-order valence-corrected chi connectivity index (χ1v) is 13.2. The molecule has 7 nitrogen and oxygen atoms in total. The van der Waals surface area contributed by atoms with Gasteiger partial charge in [-0.1, -0.05) is 24.3 Å². The molecule has 1 N–H and O–H groups in total. The van der Waals surface area contributed by atoms with E-state index in [1.807, 2.05) is 60.7 Å². The van der Waals surface area contributed by atoms with E-state index in [9.17, 15) is 4.79 Å². The molecule has 4 aromatic rings. The number of rotatable bonds is 9. The van der Waals surface area contributed by atoms with Crippen molar-refractivity contribution in [1.29, 1.82) is 5.26 Å². The smallest absolute Gasteiger partial charge is 0.271 e. The number of amides is 1. The van der Waals surface area contributed by atoms with E-state index in [1.54, 1.807) is 17.8 Å². The third kappa shape index (κ3) is 6.39. The summed E-state index contributed by atoms with van der Waals surface area (Å²) in [6.45, 7) is 3.37. The number of carbonyl (C=O) groups is 1. The topological polar surface area (TPSA) is 91.1 Å². The Balaban J connectivity index is 1.02. The van der Waals surface area contributed by atoms with Crippen molar-refractivity contribution in [2.75, 3.05) is 26.2 Å². The van der Waals surface area contributed by atoms with Crippen LogP contribution in [0.5, 0.6) is 5.75 Å². The zero-order chi connectivity index (χ0) is 25.5. The van der Waals surface area contributed by atoms with Crippen molar-refractivity contribution in [1.82, 2.24) is 20.2 Å². The summed E-state index contributed by atoms with van der Waals surface area (Å²) < 4.78 is 5.93. The summed E-state index contributed by atoms with van der Waals surface area (Å²) in [7, 11) is 0. The summed E-state index contributed by atoms with van der Waals surface area (Å²) in [4.78, 5) is 23.6. The van der Waals surface area contributed by atoms with Crippen molar-refractivity contribution in [2.45, 2.75) is 18.9 Å². The third-order valence-electron chi connectivity index (χ3n) is 6.34. The summed E-state index contributed by atoms with van der Waals surface area (Å²) >= 11 is 1.46. The fourth-order valence-corrected chi connectivity index (χ4v) is 5.16. The Morgan fingerprint density at radius 2 is 1.89 bits per heavy atom. The molecule has 5 rings (SSSR count).